The molecule has 154 valence electrons. The zero-order chi connectivity index (χ0) is 20.7. The Labute approximate surface area is 171 Å². The van der Waals surface area contributed by atoms with Crippen LogP contribution in [0.4, 0.5) is 10.1 Å². The molecule has 3 heterocycles. The third kappa shape index (κ3) is 3.35. The fourth-order valence-electron chi connectivity index (χ4n) is 4.62. The minimum Gasteiger partial charge on any atom is -0.376 e. The van der Waals surface area contributed by atoms with Gasteiger partial charge in [0.1, 0.15) is 5.82 Å². The van der Waals surface area contributed by atoms with Crippen LogP contribution in [0.25, 0.3) is 11.6 Å². The second-order valence-corrected chi connectivity index (χ2v) is 7.85. The smallest absolute Gasteiger partial charge is 0.253 e. The molecule has 0 saturated carbocycles. The van der Waals surface area contributed by atoms with Crippen molar-refractivity contribution in [3.8, 4) is 0 Å². The quantitative estimate of drug-likeness (QED) is 0.783. The lowest BCUT2D eigenvalue weighted by molar-refractivity contribution is 0.0947. The number of rotatable bonds is 6. The number of benzene rings is 1. The minimum atomic E-state index is -0.228. The molecule has 1 aromatic heterocycles. The van der Waals surface area contributed by atoms with Crippen molar-refractivity contribution < 1.29 is 9.18 Å². The Morgan fingerprint density at radius 3 is 2.79 bits per heavy atom. The van der Waals surface area contributed by atoms with E-state index in [9.17, 15) is 9.18 Å². The first-order chi connectivity index (χ1) is 13.9. The molecule has 2 N–H and O–H groups in total. The van der Waals surface area contributed by atoms with E-state index in [-0.39, 0.29) is 17.8 Å². The number of hydrogen-bond donors (Lipinski definition) is 2. The van der Waals surface area contributed by atoms with E-state index in [1.54, 1.807) is 12.1 Å². The van der Waals surface area contributed by atoms with Gasteiger partial charge in [0.15, 0.2) is 0 Å². The van der Waals surface area contributed by atoms with Gasteiger partial charge in [0.25, 0.3) is 5.91 Å². The van der Waals surface area contributed by atoms with Gasteiger partial charge in [0.2, 0.25) is 0 Å². The van der Waals surface area contributed by atoms with Crippen molar-refractivity contribution in [3.05, 3.63) is 52.1 Å². The molecule has 0 saturated heterocycles. The molecule has 4 rings (SSSR count). The highest BCUT2D eigenvalue weighted by Gasteiger charge is 2.33. The summed E-state index contributed by atoms with van der Waals surface area (Å²) in [5.74, 6) is -0.244. The molecule has 2 aromatic rings. The topological polar surface area (TPSA) is 49.3 Å². The number of amides is 1. The zero-order valence-electron chi connectivity index (χ0n) is 17.6. The molecular formula is C23H29FN4O. The molecule has 0 spiro atoms. The maximum atomic E-state index is 13.8. The number of nitrogens with zero attached hydrogens (tertiary/aromatic N) is 2. The molecule has 2 aliphatic heterocycles. The fourth-order valence-corrected chi connectivity index (χ4v) is 4.62. The summed E-state index contributed by atoms with van der Waals surface area (Å²) in [6.07, 6.45) is 2.11. The Morgan fingerprint density at radius 2 is 2.07 bits per heavy atom. The number of fused-ring (bicyclic) bond motifs is 4. The number of nitrogens with one attached hydrogen (secondary N) is 2. The third-order valence-corrected chi connectivity index (χ3v) is 6.31. The van der Waals surface area contributed by atoms with Crippen LogP contribution in [0.2, 0.25) is 0 Å². The van der Waals surface area contributed by atoms with Gasteiger partial charge in [-0.05, 0) is 62.3 Å². The molecule has 29 heavy (non-hydrogen) atoms. The fraction of sp³-hybridized carbons (Fsp3) is 0.435. The van der Waals surface area contributed by atoms with E-state index in [0.717, 1.165) is 65.5 Å². The number of halogens is 1. The van der Waals surface area contributed by atoms with Crippen LogP contribution in [-0.2, 0) is 6.54 Å². The van der Waals surface area contributed by atoms with Crippen molar-refractivity contribution in [2.45, 2.75) is 40.3 Å². The second kappa shape index (κ2) is 7.67. The minimum absolute atomic E-state index is 0.0166. The van der Waals surface area contributed by atoms with Gasteiger partial charge < -0.3 is 20.1 Å². The Balaban J connectivity index is 1.61. The van der Waals surface area contributed by atoms with E-state index in [0.29, 0.717) is 6.54 Å². The molecule has 0 radical (unpaired) electrons. The first-order valence-electron chi connectivity index (χ1n) is 10.4. The summed E-state index contributed by atoms with van der Waals surface area (Å²) in [5, 5.41) is 6.57. The summed E-state index contributed by atoms with van der Waals surface area (Å²) in [6.45, 7) is 12.5. The highest BCUT2D eigenvalue weighted by atomic mass is 19.1. The number of carbonyl (C=O) groups excluding carboxylic acids is 1. The van der Waals surface area contributed by atoms with Crippen LogP contribution in [0.1, 0.15) is 46.7 Å². The van der Waals surface area contributed by atoms with Crippen molar-refractivity contribution in [2.75, 3.05) is 31.5 Å². The zero-order valence-corrected chi connectivity index (χ0v) is 17.6. The summed E-state index contributed by atoms with van der Waals surface area (Å²) in [5.41, 5.74) is 6.76. The van der Waals surface area contributed by atoms with E-state index >= 15 is 0 Å². The average Bonchev–Trinajstić information content (AvgIpc) is 3.18. The van der Waals surface area contributed by atoms with E-state index < -0.39 is 0 Å². The maximum Gasteiger partial charge on any atom is 0.253 e. The lowest BCUT2D eigenvalue weighted by Crippen LogP contribution is -2.35. The van der Waals surface area contributed by atoms with Gasteiger partial charge in [0.05, 0.1) is 11.6 Å². The van der Waals surface area contributed by atoms with Gasteiger partial charge in [-0.1, -0.05) is 13.8 Å². The molecule has 0 bridgehead atoms. The lowest BCUT2D eigenvalue weighted by Gasteiger charge is -2.23. The van der Waals surface area contributed by atoms with Gasteiger partial charge in [-0.2, -0.15) is 0 Å². The second-order valence-electron chi connectivity index (χ2n) is 7.85. The Hall–Kier alpha value is -2.60. The third-order valence-electron chi connectivity index (χ3n) is 6.31. The van der Waals surface area contributed by atoms with Gasteiger partial charge in [-0.25, -0.2) is 4.39 Å². The van der Waals surface area contributed by atoms with Crippen LogP contribution in [0.3, 0.4) is 0 Å². The summed E-state index contributed by atoms with van der Waals surface area (Å²) < 4.78 is 16.0. The molecular weight excluding hydrogens is 367 g/mol. The van der Waals surface area contributed by atoms with Crippen LogP contribution in [0.15, 0.2) is 18.2 Å². The summed E-state index contributed by atoms with van der Waals surface area (Å²) in [7, 11) is 0. The molecule has 1 amide bonds. The Bertz CT molecular complexity index is 987. The largest absolute Gasteiger partial charge is 0.376 e. The summed E-state index contributed by atoms with van der Waals surface area (Å²) in [6, 6.07) is 4.98. The summed E-state index contributed by atoms with van der Waals surface area (Å²) in [4.78, 5) is 15.2. The van der Waals surface area contributed by atoms with Crippen molar-refractivity contribution in [1.82, 2.24) is 14.8 Å². The highest BCUT2D eigenvalue weighted by Crippen LogP contribution is 2.41. The molecule has 2 aliphatic rings. The number of anilines is 1. The first-order valence-corrected chi connectivity index (χ1v) is 10.4. The Kier molecular flexibility index (Phi) is 5.21. The number of likely N-dealkylation sites (N-methyl/N-ethyl adjacent to an activating group) is 1. The van der Waals surface area contributed by atoms with E-state index in [1.165, 1.54) is 6.07 Å². The summed E-state index contributed by atoms with van der Waals surface area (Å²) >= 11 is 0. The molecule has 1 aromatic carbocycles. The van der Waals surface area contributed by atoms with Gasteiger partial charge in [0, 0.05) is 42.3 Å². The van der Waals surface area contributed by atoms with Crippen LogP contribution in [-0.4, -0.2) is 47.6 Å². The van der Waals surface area contributed by atoms with Gasteiger partial charge in [-0.15, -0.1) is 0 Å². The van der Waals surface area contributed by atoms with Crippen LogP contribution in [0.5, 0.6) is 0 Å². The number of aromatic nitrogens is 1. The number of hydrogen-bond acceptors (Lipinski definition) is 3. The van der Waals surface area contributed by atoms with Gasteiger partial charge >= 0.3 is 0 Å². The van der Waals surface area contributed by atoms with Crippen LogP contribution < -0.4 is 10.6 Å². The van der Waals surface area contributed by atoms with E-state index in [2.05, 4.69) is 40.0 Å². The molecule has 5 nitrogen and oxygen atoms in total. The molecule has 6 heteroatoms. The van der Waals surface area contributed by atoms with Gasteiger partial charge in [-0.3, -0.25) is 4.79 Å². The predicted molar refractivity (Wildman–Crippen MR) is 116 cm³/mol. The standard InChI is InChI=1S/C23H29FN4O/c1-5-27(6-2)10-9-25-23(29)22-14(3)21-12-18-17-11-16(24)7-8-19(17)26-20(18)13-28(21)15(22)4/h7-8,11-12,20,26H,5-6,9-10,13H2,1-4H3,(H,25,29). The Morgan fingerprint density at radius 1 is 1.31 bits per heavy atom. The van der Waals surface area contributed by atoms with Crippen LogP contribution >= 0.6 is 0 Å². The normalized spacial score (nSPS) is 16.8. The molecule has 0 aliphatic carbocycles. The van der Waals surface area contributed by atoms with E-state index in [1.807, 2.05) is 13.8 Å². The first kappa shape index (κ1) is 19.7. The maximum absolute atomic E-state index is 13.8. The number of carbonyl (C=O) groups is 1. The van der Waals surface area contributed by atoms with E-state index in [4.69, 9.17) is 0 Å². The monoisotopic (exact) mass is 396 g/mol. The predicted octanol–water partition coefficient (Wildman–Crippen LogP) is 3.66. The average molecular weight is 397 g/mol. The SMILES string of the molecule is CCN(CC)CCNC(=O)c1c(C)c2n(c1C)CC1Nc3ccc(F)cc3C1=C2. The lowest BCUT2D eigenvalue weighted by atomic mass is 9.97. The van der Waals surface area contributed by atoms with Crippen LogP contribution in [0, 0.1) is 19.7 Å². The van der Waals surface area contributed by atoms with Crippen molar-refractivity contribution in [3.63, 3.8) is 0 Å². The van der Waals surface area contributed by atoms with Crippen molar-refractivity contribution in [2.24, 2.45) is 0 Å². The molecule has 1 unspecified atom stereocenters. The molecule has 1 atom stereocenters. The van der Waals surface area contributed by atoms with Crippen molar-refractivity contribution >= 4 is 23.2 Å². The highest BCUT2D eigenvalue weighted by molar-refractivity contribution is 6.01. The van der Waals surface area contributed by atoms with Crippen molar-refractivity contribution in [1.29, 1.82) is 0 Å². The molecule has 0 fully saturated rings.